The molecule has 2 aromatic rings. The first-order chi connectivity index (χ1) is 7.36. The number of ether oxygens (including phenoxy) is 1. The highest BCUT2D eigenvalue weighted by Crippen LogP contribution is 2.17. The van der Waals surface area contributed by atoms with Crippen molar-refractivity contribution in [2.75, 3.05) is 0 Å². The summed E-state index contributed by atoms with van der Waals surface area (Å²) in [6.07, 6.45) is 0. The van der Waals surface area contributed by atoms with Gasteiger partial charge in [0.05, 0.1) is 0 Å². The fourth-order valence-electron chi connectivity index (χ4n) is 1.45. The molecule has 0 N–H and O–H groups in total. The van der Waals surface area contributed by atoms with E-state index >= 15 is 0 Å². The smallest absolute Gasteiger partial charge is 0.122 e. The van der Waals surface area contributed by atoms with E-state index in [1.807, 2.05) is 36.4 Å². The van der Waals surface area contributed by atoms with E-state index in [4.69, 9.17) is 4.74 Å². The van der Waals surface area contributed by atoms with Gasteiger partial charge in [-0.2, -0.15) is 0 Å². The lowest BCUT2D eigenvalue weighted by molar-refractivity contribution is 0.304. The van der Waals surface area contributed by atoms with Crippen LogP contribution in [0.3, 0.4) is 0 Å². The van der Waals surface area contributed by atoms with Crippen molar-refractivity contribution in [3.8, 4) is 5.75 Å². The Bertz CT molecular complexity index is 420. The molecule has 0 amide bonds. The van der Waals surface area contributed by atoms with Crippen molar-refractivity contribution in [3.63, 3.8) is 0 Å². The molecule has 2 aromatic carbocycles. The molecule has 1 nitrogen and oxygen atoms in total. The highest BCUT2D eigenvalue weighted by atomic mass is 16.5. The summed E-state index contributed by atoms with van der Waals surface area (Å²) in [6, 6.07) is 18.3. The molecule has 0 aliphatic rings. The van der Waals surface area contributed by atoms with Crippen LogP contribution in [0.15, 0.2) is 54.6 Å². The molecule has 0 unspecified atom stereocenters. The molecule has 0 atom stereocenters. The standard InChI is InChI=1S/C14H14O/c1-12-7-5-6-10-14(12)15-11-13-8-3-2-4-9-13/h2-10H,11H2,1H3. The van der Waals surface area contributed by atoms with Crippen LogP contribution in [0.4, 0.5) is 0 Å². The quantitative estimate of drug-likeness (QED) is 0.732. The molecule has 0 fully saturated rings. The number of benzene rings is 2. The van der Waals surface area contributed by atoms with Crippen LogP contribution in [-0.2, 0) is 6.61 Å². The van der Waals surface area contributed by atoms with Gasteiger partial charge in [-0.25, -0.2) is 0 Å². The van der Waals surface area contributed by atoms with E-state index in [-0.39, 0.29) is 0 Å². The van der Waals surface area contributed by atoms with Gasteiger partial charge >= 0.3 is 0 Å². The van der Waals surface area contributed by atoms with E-state index < -0.39 is 0 Å². The van der Waals surface area contributed by atoms with Crippen LogP contribution in [0.2, 0.25) is 0 Å². The van der Waals surface area contributed by atoms with Gasteiger partial charge in [-0.05, 0) is 24.1 Å². The molecule has 15 heavy (non-hydrogen) atoms. The van der Waals surface area contributed by atoms with E-state index in [9.17, 15) is 0 Å². The summed E-state index contributed by atoms with van der Waals surface area (Å²) in [5, 5.41) is 0. The normalized spacial score (nSPS) is 9.93. The fraction of sp³-hybridized carbons (Fsp3) is 0.143. The lowest BCUT2D eigenvalue weighted by Crippen LogP contribution is -1.96. The van der Waals surface area contributed by atoms with Crippen LogP contribution in [0, 0.1) is 6.92 Å². The van der Waals surface area contributed by atoms with Gasteiger partial charge in [0, 0.05) is 0 Å². The Labute approximate surface area is 90.3 Å². The predicted molar refractivity (Wildman–Crippen MR) is 62.0 cm³/mol. The van der Waals surface area contributed by atoms with Gasteiger partial charge < -0.3 is 4.74 Å². The Hall–Kier alpha value is -1.76. The highest BCUT2D eigenvalue weighted by Gasteiger charge is 1.97. The van der Waals surface area contributed by atoms with Crippen molar-refractivity contribution in [2.45, 2.75) is 13.5 Å². The summed E-state index contributed by atoms with van der Waals surface area (Å²) in [6.45, 7) is 2.69. The Kier molecular flexibility index (Phi) is 3.03. The zero-order valence-electron chi connectivity index (χ0n) is 8.81. The second-order valence-corrected chi connectivity index (χ2v) is 3.54. The molecule has 0 aliphatic heterocycles. The maximum atomic E-state index is 5.72. The van der Waals surface area contributed by atoms with Crippen LogP contribution >= 0.6 is 0 Å². The number of aryl methyl sites for hydroxylation is 1. The zero-order chi connectivity index (χ0) is 10.5. The lowest BCUT2D eigenvalue weighted by Gasteiger charge is -2.08. The summed E-state index contributed by atoms with van der Waals surface area (Å²) in [5.41, 5.74) is 2.37. The second kappa shape index (κ2) is 4.65. The molecule has 0 radical (unpaired) electrons. The minimum Gasteiger partial charge on any atom is -0.489 e. The van der Waals surface area contributed by atoms with Crippen molar-refractivity contribution in [2.24, 2.45) is 0 Å². The third kappa shape index (κ3) is 2.59. The van der Waals surface area contributed by atoms with Crippen molar-refractivity contribution < 1.29 is 4.74 Å². The van der Waals surface area contributed by atoms with E-state index in [1.54, 1.807) is 0 Å². The van der Waals surface area contributed by atoms with Gasteiger partial charge in [0.15, 0.2) is 0 Å². The van der Waals surface area contributed by atoms with E-state index in [0.29, 0.717) is 6.61 Å². The molecular weight excluding hydrogens is 184 g/mol. The summed E-state index contributed by atoms with van der Waals surface area (Å²) < 4.78 is 5.72. The summed E-state index contributed by atoms with van der Waals surface area (Å²) in [7, 11) is 0. The van der Waals surface area contributed by atoms with Gasteiger partial charge in [0.1, 0.15) is 12.4 Å². The van der Waals surface area contributed by atoms with Gasteiger partial charge in [-0.1, -0.05) is 48.5 Å². The molecule has 0 saturated carbocycles. The number of hydrogen-bond acceptors (Lipinski definition) is 1. The molecule has 0 bridgehead atoms. The average Bonchev–Trinajstić information content (AvgIpc) is 2.29. The predicted octanol–water partition coefficient (Wildman–Crippen LogP) is 3.57. The van der Waals surface area contributed by atoms with Crippen LogP contribution in [0.25, 0.3) is 0 Å². The van der Waals surface area contributed by atoms with Crippen molar-refractivity contribution in [1.29, 1.82) is 0 Å². The van der Waals surface area contributed by atoms with Crippen LogP contribution in [0.5, 0.6) is 5.75 Å². The summed E-state index contributed by atoms with van der Waals surface area (Å²) in [5.74, 6) is 0.960. The topological polar surface area (TPSA) is 9.23 Å². The Balaban J connectivity index is 2.03. The number of hydrogen-bond donors (Lipinski definition) is 0. The maximum Gasteiger partial charge on any atom is 0.122 e. The zero-order valence-corrected chi connectivity index (χ0v) is 8.81. The van der Waals surface area contributed by atoms with Gasteiger partial charge in [0.25, 0.3) is 0 Å². The van der Waals surface area contributed by atoms with Crippen molar-refractivity contribution in [1.82, 2.24) is 0 Å². The van der Waals surface area contributed by atoms with Crippen LogP contribution < -0.4 is 4.74 Å². The SMILES string of the molecule is Cc1ccccc1OCc1ccccc1. The van der Waals surface area contributed by atoms with Gasteiger partial charge in [-0.3, -0.25) is 0 Å². The first-order valence-electron chi connectivity index (χ1n) is 5.08. The van der Waals surface area contributed by atoms with Crippen LogP contribution in [0.1, 0.15) is 11.1 Å². The molecule has 0 aromatic heterocycles. The molecule has 0 heterocycles. The molecular formula is C14H14O. The number of rotatable bonds is 3. The van der Waals surface area contributed by atoms with E-state index in [1.165, 1.54) is 11.1 Å². The summed E-state index contributed by atoms with van der Waals surface area (Å²) in [4.78, 5) is 0. The maximum absolute atomic E-state index is 5.72. The van der Waals surface area contributed by atoms with Gasteiger partial charge in [-0.15, -0.1) is 0 Å². The van der Waals surface area contributed by atoms with Crippen LogP contribution in [-0.4, -0.2) is 0 Å². The van der Waals surface area contributed by atoms with Crippen molar-refractivity contribution in [3.05, 3.63) is 65.7 Å². The molecule has 0 saturated heterocycles. The second-order valence-electron chi connectivity index (χ2n) is 3.54. The molecule has 0 spiro atoms. The highest BCUT2D eigenvalue weighted by molar-refractivity contribution is 5.32. The summed E-state index contributed by atoms with van der Waals surface area (Å²) >= 11 is 0. The minimum atomic E-state index is 0.631. The van der Waals surface area contributed by atoms with E-state index in [2.05, 4.69) is 25.1 Å². The average molecular weight is 198 g/mol. The van der Waals surface area contributed by atoms with Gasteiger partial charge in [0.2, 0.25) is 0 Å². The lowest BCUT2D eigenvalue weighted by atomic mass is 10.2. The first kappa shape index (κ1) is 9.78. The Morgan fingerprint density at radius 3 is 2.27 bits per heavy atom. The molecule has 2 rings (SSSR count). The molecule has 0 aliphatic carbocycles. The fourth-order valence-corrected chi connectivity index (χ4v) is 1.45. The Morgan fingerprint density at radius 2 is 1.53 bits per heavy atom. The van der Waals surface area contributed by atoms with E-state index in [0.717, 1.165) is 5.75 Å². The monoisotopic (exact) mass is 198 g/mol. The van der Waals surface area contributed by atoms with Crippen molar-refractivity contribution >= 4 is 0 Å². The molecule has 76 valence electrons. The third-order valence-electron chi connectivity index (χ3n) is 2.33. The largest absolute Gasteiger partial charge is 0.489 e. The minimum absolute atomic E-state index is 0.631. The third-order valence-corrected chi connectivity index (χ3v) is 2.33. The molecule has 1 heteroatoms. The first-order valence-corrected chi connectivity index (χ1v) is 5.08. The Morgan fingerprint density at radius 1 is 0.867 bits per heavy atom. The number of para-hydroxylation sites is 1.